The number of benzene rings is 1. The molecule has 25 heavy (non-hydrogen) atoms. The van der Waals surface area contributed by atoms with Crippen LogP contribution in [0.3, 0.4) is 0 Å². The largest absolute Gasteiger partial charge is 0.417 e. The molecule has 130 valence electrons. The number of thiophene rings is 1. The van der Waals surface area contributed by atoms with Gasteiger partial charge in [-0.25, -0.2) is 0 Å². The van der Waals surface area contributed by atoms with Crippen molar-refractivity contribution >= 4 is 38.9 Å². The highest BCUT2D eigenvalue weighted by Crippen LogP contribution is 2.36. The van der Waals surface area contributed by atoms with Gasteiger partial charge < -0.3 is 5.32 Å². The Morgan fingerprint density at radius 1 is 1.32 bits per heavy atom. The van der Waals surface area contributed by atoms with E-state index in [-0.39, 0.29) is 16.7 Å². The highest BCUT2D eigenvalue weighted by Gasteiger charge is 2.33. The first-order valence-corrected chi connectivity index (χ1v) is 8.53. The fraction of sp³-hybridized carbons (Fsp3) is 0.143. The van der Waals surface area contributed by atoms with Gasteiger partial charge in [0.15, 0.2) is 0 Å². The number of rotatable bonds is 4. The molecule has 3 aromatic rings. The Labute approximate surface area is 151 Å². The van der Waals surface area contributed by atoms with Gasteiger partial charge in [-0.2, -0.15) is 29.3 Å². The molecule has 0 radical (unpaired) electrons. The summed E-state index contributed by atoms with van der Waals surface area (Å²) in [5, 5.41) is 17.7. The number of nitrogens with zero attached hydrogens (tertiary/aromatic N) is 4. The van der Waals surface area contributed by atoms with E-state index in [2.05, 4.69) is 36.7 Å². The van der Waals surface area contributed by atoms with Crippen molar-refractivity contribution in [3.05, 3.63) is 45.1 Å². The molecule has 0 aliphatic rings. The number of hydrogen-bond acceptors (Lipinski definition) is 5. The van der Waals surface area contributed by atoms with Crippen LogP contribution in [0.1, 0.15) is 5.56 Å². The van der Waals surface area contributed by atoms with E-state index < -0.39 is 17.6 Å². The van der Waals surface area contributed by atoms with Crippen LogP contribution in [0.2, 0.25) is 0 Å². The minimum absolute atomic E-state index is 0.0266. The van der Waals surface area contributed by atoms with Crippen LogP contribution in [0.4, 0.5) is 18.9 Å². The average molecular weight is 432 g/mol. The molecule has 0 bridgehead atoms. The monoisotopic (exact) mass is 431 g/mol. The number of aromatic nitrogens is 4. The maximum absolute atomic E-state index is 12.9. The number of carbonyl (C=O) groups excluding carboxylic acids is 1. The molecule has 11 heteroatoms. The van der Waals surface area contributed by atoms with E-state index >= 15 is 0 Å². The molecule has 2 aromatic heterocycles. The van der Waals surface area contributed by atoms with Crippen molar-refractivity contribution in [3.8, 4) is 11.4 Å². The van der Waals surface area contributed by atoms with E-state index in [1.54, 1.807) is 0 Å². The molecule has 0 aliphatic carbocycles. The Morgan fingerprint density at radius 2 is 2.12 bits per heavy atom. The van der Waals surface area contributed by atoms with Crippen molar-refractivity contribution in [3.63, 3.8) is 0 Å². The highest BCUT2D eigenvalue weighted by molar-refractivity contribution is 9.10. The molecular weight excluding hydrogens is 423 g/mol. The van der Waals surface area contributed by atoms with Gasteiger partial charge >= 0.3 is 6.18 Å². The Morgan fingerprint density at radius 3 is 2.80 bits per heavy atom. The second-order valence-electron chi connectivity index (χ2n) is 4.90. The summed E-state index contributed by atoms with van der Waals surface area (Å²) in [5.41, 5.74) is -0.0676. The molecule has 0 saturated carbocycles. The van der Waals surface area contributed by atoms with Gasteiger partial charge in [0.1, 0.15) is 6.54 Å². The molecule has 1 aromatic carbocycles. The summed E-state index contributed by atoms with van der Waals surface area (Å²) in [4.78, 5) is 13.1. The van der Waals surface area contributed by atoms with Gasteiger partial charge in [-0.05, 0) is 34.9 Å². The Balaban J connectivity index is 1.69. The second kappa shape index (κ2) is 6.92. The van der Waals surface area contributed by atoms with Crippen LogP contribution >= 0.6 is 27.3 Å². The Bertz CT molecular complexity index is 894. The van der Waals surface area contributed by atoms with Crippen molar-refractivity contribution in [1.82, 2.24) is 20.2 Å². The minimum atomic E-state index is -4.53. The smallest absolute Gasteiger partial charge is 0.324 e. The molecule has 0 aliphatic heterocycles. The van der Waals surface area contributed by atoms with Gasteiger partial charge in [0.25, 0.3) is 0 Å². The first kappa shape index (κ1) is 17.5. The fourth-order valence-electron chi connectivity index (χ4n) is 1.97. The average Bonchev–Trinajstić information content (AvgIpc) is 3.19. The molecule has 1 N–H and O–H groups in total. The molecule has 0 spiro atoms. The van der Waals surface area contributed by atoms with Crippen LogP contribution in [0, 0.1) is 0 Å². The summed E-state index contributed by atoms with van der Waals surface area (Å²) in [6.45, 7) is -0.269. The summed E-state index contributed by atoms with van der Waals surface area (Å²) in [5.74, 6) is -0.193. The summed E-state index contributed by atoms with van der Waals surface area (Å²) < 4.78 is 38.5. The number of tetrazole rings is 1. The lowest BCUT2D eigenvalue weighted by atomic mass is 10.2. The van der Waals surface area contributed by atoms with Gasteiger partial charge in [-0.3, -0.25) is 4.79 Å². The maximum atomic E-state index is 12.9. The standard InChI is InChI=1S/C14H9BrF3N5OS/c15-11-2-1-9(5-10(11)14(16,17)18)19-12(24)6-23-21-13(20-22-23)8-3-4-25-7-8/h1-5,7H,6H2,(H,19,24). The molecule has 0 saturated heterocycles. The van der Waals surface area contributed by atoms with Crippen molar-refractivity contribution in [1.29, 1.82) is 0 Å². The van der Waals surface area contributed by atoms with Crippen molar-refractivity contribution in [2.45, 2.75) is 12.7 Å². The van der Waals surface area contributed by atoms with Gasteiger partial charge in [0.2, 0.25) is 11.7 Å². The van der Waals surface area contributed by atoms with E-state index in [4.69, 9.17) is 0 Å². The zero-order valence-electron chi connectivity index (χ0n) is 12.3. The predicted octanol–water partition coefficient (Wildman–Crippen LogP) is 3.82. The van der Waals surface area contributed by atoms with Crippen LogP contribution in [0.15, 0.2) is 39.5 Å². The molecule has 2 heterocycles. The van der Waals surface area contributed by atoms with E-state index in [1.807, 2.05) is 16.8 Å². The van der Waals surface area contributed by atoms with Gasteiger partial charge in [0.05, 0.1) is 5.56 Å². The van der Waals surface area contributed by atoms with Crippen molar-refractivity contribution < 1.29 is 18.0 Å². The van der Waals surface area contributed by atoms with Crippen molar-refractivity contribution in [2.75, 3.05) is 5.32 Å². The predicted molar refractivity (Wildman–Crippen MR) is 88.9 cm³/mol. The molecule has 3 rings (SSSR count). The zero-order chi connectivity index (χ0) is 18.0. The van der Waals surface area contributed by atoms with Crippen LogP contribution in [0.25, 0.3) is 11.4 Å². The number of amides is 1. The lowest BCUT2D eigenvalue weighted by Crippen LogP contribution is -2.21. The normalized spacial score (nSPS) is 11.5. The third-order valence-corrected chi connectivity index (χ3v) is 4.45. The topological polar surface area (TPSA) is 72.7 Å². The number of alkyl halides is 3. The molecule has 6 nitrogen and oxygen atoms in total. The number of halogens is 4. The van der Waals surface area contributed by atoms with E-state index in [1.165, 1.54) is 23.5 Å². The Kier molecular flexibility index (Phi) is 4.86. The number of carbonyl (C=O) groups is 1. The molecule has 0 atom stereocenters. The summed E-state index contributed by atoms with van der Waals surface area (Å²) >= 11 is 4.32. The third-order valence-electron chi connectivity index (χ3n) is 3.07. The summed E-state index contributed by atoms with van der Waals surface area (Å²) in [6.07, 6.45) is -4.53. The number of hydrogen-bond donors (Lipinski definition) is 1. The van der Waals surface area contributed by atoms with E-state index in [9.17, 15) is 18.0 Å². The molecule has 1 amide bonds. The van der Waals surface area contributed by atoms with Crippen LogP contribution in [-0.2, 0) is 17.5 Å². The molecule has 0 unspecified atom stereocenters. The Hall–Kier alpha value is -2.27. The highest BCUT2D eigenvalue weighted by atomic mass is 79.9. The SMILES string of the molecule is O=C(Cn1nnc(-c2ccsc2)n1)Nc1ccc(Br)c(C(F)(F)F)c1. The van der Waals surface area contributed by atoms with E-state index in [0.29, 0.717) is 5.82 Å². The quantitative estimate of drug-likeness (QED) is 0.681. The first-order valence-electron chi connectivity index (χ1n) is 6.80. The third kappa shape index (κ3) is 4.23. The lowest BCUT2D eigenvalue weighted by Gasteiger charge is -2.11. The molecular formula is C14H9BrF3N5OS. The fourth-order valence-corrected chi connectivity index (χ4v) is 3.07. The second-order valence-corrected chi connectivity index (χ2v) is 6.53. The molecule has 0 fully saturated rings. The van der Waals surface area contributed by atoms with Crippen LogP contribution in [-0.4, -0.2) is 26.1 Å². The number of nitrogens with one attached hydrogen (secondary N) is 1. The first-order chi connectivity index (χ1) is 11.8. The summed E-state index contributed by atoms with van der Waals surface area (Å²) in [6, 6.07) is 5.25. The lowest BCUT2D eigenvalue weighted by molar-refractivity contribution is -0.138. The number of anilines is 1. The van der Waals surface area contributed by atoms with E-state index in [0.717, 1.165) is 16.4 Å². The van der Waals surface area contributed by atoms with Gasteiger partial charge in [-0.1, -0.05) is 15.9 Å². The van der Waals surface area contributed by atoms with Crippen LogP contribution < -0.4 is 5.32 Å². The van der Waals surface area contributed by atoms with Gasteiger partial charge in [0, 0.05) is 21.1 Å². The maximum Gasteiger partial charge on any atom is 0.417 e. The van der Waals surface area contributed by atoms with Gasteiger partial charge in [-0.15, -0.1) is 10.2 Å². The zero-order valence-corrected chi connectivity index (χ0v) is 14.7. The minimum Gasteiger partial charge on any atom is -0.324 e. The van der Waals surface area contributed by atoms with Crippen molar-refractivity contribution in [2.24, 2.45) is 0 Å². The van der Waals surface area contributed by atoms with Crippen LogP contribution in [0.5, 0.6) is 0 Å². The summed E-state index contributed by atoms with van der Waals surface area (Å²) in [7, 11) is 0.